The first kappa shape index (κ1) is 15.2. The van der Waals surface area contributed by atoms with Gasteiger partial charge < -0.3 is 29.8 Å². The molecule has 0 aromatic rings. The lowest BCUT2D eigenvalue weighted by molar-refractivity contribution is -0.0386. The first-order valence-electron chi connectivity index (χ1n) is 3.64. The summed E-state index contributed by atoms with van der Waals surface area (Å²) in [6, 6.07) is 0. The predicted molar refractivity (Wildman–Crippen MR) is 48.7 cm³/mol. The lowest BCUT2D eigenvalue weighted by Gasteiger charge is -2.31. The SMILES string of the molecule is CC(NCC(O)O)(P(=O)(O)O)P(=O)(O)O. The normalized spacial score (nSPS) is 14.7. The van der Waals surface area contributed by atoms with Crippen LogP contribution < -0.4 is 5.32 Å². The Bertz CT molecular complexity index is 282. The molecule has 0 saturated heterocycles. The smallest absolute Gasteiger partial charge is 0.357 e. The van der Waals surface area contributed by atoms with E-state index in [1.54, 1.807) is 5.32 Å². The van der Waals surface area contributed by atoms with Gasteiger partial charge in [-0.3, -0.25) is 14.4 Å². The van der Waals surface area contributed by atoms with E-state index in [0.29, 0.717) is 6.92 Å². The van der Waals surface area contributed by atoms with Crippen molar-refractivity contribution in [3.63, 3.8) is 0 Å². The zero-order valence-electron chi connectivity index (χ0n) is 7.68. The summed E-state index contributed by atoms with van der Waals surface area (Å²) in [4.78, 5) is 35.1. The molecule has 11 heteroatoms. The molecule has 7 N–H and O–H groups in total. The van der Waals surface area contributed by atoms with E-state index < -0.39 is 33.0 Å². The van der Waals surface area contributed by atoms with Crippen molar-refractivity contribution in [2.24, 2.45) is 0 Å². The molecule has 0 saturated carbocycles. The number of nitrogens with one attached hydrogen (secondary N) is 1. The van der Waals surface area contributed by atoms with Crippen molar-refractivity contribution in [3.05, 3.63) is 0 Å². The molecule has 0 aromatic carbocycles. The van der Waals surface area contributed by atoms with Crippen LogP contribution in [0.5, 0.6) is 0 Å². The van der Waals surface area contributed by atoms with Gasteiger partial charge in [-0.15, -0.1) is 0 Å². The summed E-state index contributed by atoms with van der Waals surface area (Å²) in [5, 5.41) is 15.8. The average molecular weight is 265 g/mol. The molecule has 0 amide bonds. The third-order valence-corrected chi connectivity index (χ3v) is 5.90. The highest BCUT2D eigenvalue weighted by Gasteiger charge is 2.56. The number of aliphatic hydroxyl groups is 2. The van der Waals surface area contributed by atoms with Gasteiger partial charge in [0.2, 0.25) is 5.02 Å². The highest BCUT2D eigenvalue weighted by Crippen LogP contribution is 2.66. The van der Waals surface area contributed by atoms with Crippen molar-refractivity contribution in [2.75, 3.05) is 6.54 Å². The van der Waals surface area contributed by atoms with Gasteiger partial charge in [0.1, 0.15) is 0 Å². The number of aliphatic hydroxyl groups excluding tert-OH is 1. The van der Waals surface area contributed by atoms with Gasteiger partial charge in [0.15, 0.2) is 6.29 Å². The molecule has 0 atom stereocenters. The van der Waals surface area contributed by atoms with Crippen LogP contribution in [0.1, 0.15) is 6.92 Å². The highest BCUT2D eigenvalue weighted by molar-refractivity contribution is 7.72. The van der Waals surface area contributed by atoms with Crippen LogP contribution >= 0.6 is 15.2 Å². The van der Waals surface area contributed by atoms with E-state index in [9.17, 15) is 9.13 Å². The number of hydrogen-bond donors (Lipinski definition) is 7. The van der Waals surface area contributed by atoms with Crippen molar-refractivity contribution in [1.29, 1.82) is 0 Å². The Hall–Kier alpha value is 0.180. The van der Waals surface area contributed by atoms with Crippen LogP contribution in [-0.2, 0) is 9.13 Å². The second-order valence-electron chi connectivity index (χ2n) is 2.97. The van der Waals surface area contributed by atoms with E-state index in [1.807, 2.05) is 0 Å². The Morgan fingerprint density at radius 1 is 1.13 bits per heavy atom. The molecule has 9 nitrogen and oxygen atoms in total. The van der Waals surface area contributed by atoms with E-state index in [1.165, 1.54) is 0 Å². The van der Waals surface area contributed by atoms with Crippen molar-refractivity contribution in [1.82, 2.24) is 5.32 Å². The Balaban J connectivity index is 5.08. The number of rotatable bonds is 5. The van der Waals surface area contributed by atoms with E-state index >= 15 is 0 Å². The maximum atomic E-state index is 10.9. The third kappa shape index (κ3) is 3.60. The Kier molecular flexibility index (Phi) is 4.64. The molecule has 0 bridgehead atoms. The van der Waals surface area contributed by atoms with Gasteiger partial charge >= 0.3 is 15.2 Å². The van der Waals surface area contributed by atoms with Gasteiger partial charge in [0, 0.05) is 6.54 Å². The molecule has 0 rings (SSSR count). The molecular weight excluding hydrogens is 252 g/mol. The molecule has 0 heterocycles. The molecule has 92 valence electrons. The van der Waals surface area contributed by atoms with Crippen molar-refractivity contribution < 1.29 is 38.9 Å². The first-order chi connectivity index (χ1) is 6.42. The van der Waals surface area contributed by atoms with Gasteiger partial charge in [-0.2, -0.15) is 0 Å². The summed E-state index contributed by atoms with van der Waals surface area (Å²) >= 11 is 0. The van der Waals surface area contributed by atoms with Gasteiger partial charge in [0.25, 0.3) is 0 Å². The van der Waals surface area contributed by atoms with Gasteiger partial charge in [-0.05, 0) is 6.92 Å². The van der Waals surface area contributed by atoms with E-state index in [2.05, 4.69) is 0 Å². The second kappa shape index (κ2) is 4.58. The third-order valence-electron chi connectivity index (χ3n) is 1.75. The Labute approximate surface area is 85.1 Å². The fourth-order valence-electron chi connectivity index (χ4n) is 0.660. The van der Waals surface area contributed by atoms with Crippen LogP contribution in [0.25, 0.3) is 0 Å². The van der Waals surface area contributed by atoms with Crippen LogP contribution in [0.15, 0.2) is 0 Å². The fraction of sp³-hybridized carbons (Fsp3) is 1.00. The molecular formula is C4H13NO8P2. The van der Waals surface area contributed by atoms with Crippen LogP contribution in [0, 0.1) is 0 Å². The molecule has 15 heavy (non-hydrogen) atoms. The standard InChI is InChI=1S/C4H13NO8P2/c1-4(14(8,9)10,15(11,12)13)5-2-3(6)7/h3,5-7H,2H2,1H3,(H2,8,9,10)(H2,11,12,13). The van der Waals surface area contributed by atoms with Crippen molar-refractivity contribution in [2.45, 2.75) is 18.2 Å². The van der Waals surface area contributed by atoms with Crippen molar-refractivity contribution in [3.8, 4) is 0 Å². The first-order valence-corrected chi connectivity index (χ1v) is 6.87. The second-order valence-corrected chi connectivity index (χ2v) is 7.29. The van der Waals surface area contributed by atoms with E-state index in [4.69, 9.17) is 29.8 Å². The molecule has 0 aliphatic rings. The predicted octanol–water partition coefficient (Wildman–Crippen LogP) is -2.08. The summed E-state index contributed by atoms with van der Waals surface area (Å²) in [6.07, 6.45) is -1.98. The largest absolute Gasteiger partial charge is 0.367 e. The Morgan fingerprint density at radius 3 is 1.67 bits per heavy atom. The van der Waals surface area contributed by atoms with Gasteiger partial charge in [0.05, 0.1) is 0 Å². The summed E-state index contributed by atoms with van der Waals surface area (Å²) in [6.45, 7) is -0.177. The topological polar surface area (TPSA) is 168 Å². The molecule has 0 aliphatic carbocycles. The quantitative estimate of drug-likeness (QED) is 0.218. The summed E-state index contributed by atoms with van der Waals surface area (Å²) in [5.74, 6) is 0. The number of hydrogen-bond acceptors (Lipinski definition) is 5. The maximum Gasteiger partial charge on any atom is 0.357 e. The van der Waals surface area contributed by atoms with E-state index in [-0.39, 0.29) is 0 Å². The molecule has 0 fully saturated rings. The molecule has 0 radical (unpaired) electrons. The molecule has 0 aromatic heterocycles. The van der Waals surface area contributed by atoms with Crippen molar-refractivity contribution >= 4 is 15.2 Å². The molecule has 0 aliphatic heterocycles. The summed E-state index contributed by atoms with van der Waals surface area (Å²) in [5.41, 5.74) is 0. The summed E-state index contributed by atoms with van der Waals surface area (Å²) < 4.78 is 21.8. The highest BCUT2D eigenvalue weighted by atomic mass is 31.2. The molecule has 0 unspecified atom stereocenters. The zero-order chi connectivity index (χ0) is 12.5. The maximum absolute atomic E-state index is 10.9. The minimum Gasteiger partial charge on any atom is -0.367 e. The monoisotopic (exact) mass is 265 g/mol. The average Bonchev–Trinajstić information content (AvgIpc) is 1.95. The van der Waals surface area contributed by atoms with Crippen LogP contribution in [0.4, 0.5) is 0 Å². The van der Waals surface area contributed by atoms with Crippen LogP contribution in [0.2, 0.25) is 0 Å². The van der Waals surface area contributed by atoms with Crippen LogP contribution in [0.3, 0.4) is 0 Å². The van der Waals surface area contributed by atoms with Gasteiger partial charge in [-0.25, -0.2) is 0 Å². The van der Waals surface area contributed by atoms with Crippen LogP contribution in [-0.4, -0.2) is 47.6 Å². The minimum atomic E-state index is -5.16. The minimum absolute atomic E-state index is 0.608. The lowest BCUT2D eigenvalue weighted by atomic mass is 10.6. The van der Waals surface area contributed by atoms with E-state index in [0.717, 1.165) is 0 Å². The van der Waals surface area contributed by atoms with Gasteiger partial charge in [-0.1, -0.05) is 0 Å². The summed E-state index contributed by atoms with van der Waals surface area (Å²) in [7, 11) is -10.3. The lowest BCUT2D eigenvalue weighted by Crippen LogP contribution is -2.45. The fourth-order valence-corrected chi connectivity index (χ4v) is 2.61. The molecule has 0 spiro atoms. The zero-order valence-corrected chi connectivity index (χ0v) is 9.47. The Morgan fingerprint density at radius 2 is 1.47 bits per heavy atom.